The molecule has 10 rings (SSSR count). The second kappa shape index (κ2) is 14.3. The van der Waals surface area contributed by atoms with Gasteiger partial charge in [-0.1, -0.05) is 158 Å². The summed E-state index contributed by atoms with van der Waals surface area (Å²) in [6.45, 7) is 0. The summed E-state index contributed by atoms with van der Waals surface area (Å²) in [5.41, 5.74) is 14.3. The second-order valence-electron chi connectivity index (χ2n) is 14.3. The van der Waals surface area contributed by atoms with Crippen LogP contribution in [0.15, 0.2) is 206 Å². The summed E-state index contributed by atoms with van der Waals surface area (Å²) in [6, 6.07) is 74.2. The van der Waals surface area contributed by atoms with Gasteiger partial charge in [0.2, 0.25) is 0 Å². The first-order valence-corrected chi connectivity index (χ1v) is 19.0. The molecule has 55 heavy (non-hydrogen) atoms. The zero-order valence-corrected chi connectivity index (χ0v) is 30.3. The number of hydrogen-bond acceptors (Lipinski definition) is 3. The quantitative estimate of drug-likeness (QED) is 0.154. The molecule has 0 amide bonds. The first-order valence-electron chi connectivity index (χ1n) is 19.0. The van der Waals surface area contributed by atoms with E-state index >= 15 is 0 Å². The molecule has 2 unspecified atom stereocenters. The molecule has 0 saturated carbocycles. The average molecular weight is 709 g/mol. The van der Waals surface area contributed by atoms with Crippen LogP contribution >= 0.6 is 0 Å². The molecule has 3 N–H and O–H groups in total. The Morgan fingerprint density at radius 1 is 0.291 bits per heavy atom. The van der Waals surface area contributed by atoms with Crippen molar-refractivity contribution in [3.8, 4) is 39.1 Å². The summed E-state index contributed by atoms with van der Waals surface area (Å²) in [5, 5.41) is 14.3. The lowest BCUT2D eigenvalue weighted by molar-refractivity contribution is 0.203. The van der Waals surface area contributed by atoms with Gasteiger partial charge in [0.1, 0.15) is 0 Å². The van der Waals surface area contributed by atoms with E-state index in [1.54, 1.807) is 0 Å². The first kappa shape index (κ1) is 33.0. The molecule has 1 fully saturated rings. The number of hydrogen-bond donors (Lipinski definition) is 3. The van der Waals surface area contributed by atoms with E-state index in [9.17, 15) is 0 Å². The molecule has 0 spiro atoms. The van der Waals surface area contributed by atoms with Crippen LogP contribution in [-0.4, -0.2) is 4.57 Å². The molecular weight excluding hydrogens is 669 g/mol. The minimum absolute atomic E-state index is 0.107. The monoisotopic (exact) mass is 708 g/mol. The van der Waals surface area contributed by atoms with Crippen LogP contribution in [0.2, 0.25) is 0 Å². The van der Waals surface area contributed by atoms with Crippen LogP contribution in [0.1, 0.15) is 35.2 Å². The van der Waals surface area contributed by atoms with Crippen molar-refractivity contribution in [3.05, 3.63) is 223 Å². The zero-order valence-electron chi connectivity index (χ0n) is 30.3. The Balaban J connectivity index is 1.03. The summed E-state index contributed by atoms with van der Waals surface area (Å²) in [7, 11) is 0. The topological polar surface area (TPSA) is 41.0 Å². The minimum Gasteiger partial charge on any atom is -0.309 e. The molecule has 4 nitrogen and oxygen atoms in total. The maximum absolute atomic E-state index is 3.94. The molecule has 4 heteroatoms. The third-order valence-corrected chi connectivity index (χ3v) is 10.9. The van der Waals surface area contributed by atoms with Gasteiger partial charge in [0, 0.05) is 16.5 Å². The number of nitrogens with one attached hydrogen (secondary N) is 3. The van der Waals surface area contributed by atoms with Gasteiger partial charge in [-0.3, -0.25) is 16.0 Å². The van der Waals surface area contributed by atoms with Crippen molar-refractivity contribution in [1.29, 1.82) is 0 Å². The maximum atomic E-state index is 3.94. The van der Waals surface area contributed by atoms with Crippen LogP contribution in [0.5, 0.6) is 0 Å². The van der Waals surface area contributed by atoms with Gasteiger partial charge in [-0.05, 0) is 98.6 Å². The Bertz CT molecular complexity index is 2660. The number of nitrogens with zero attached hydrogens (tertiary/aromatic N) is 1. The average Bonchev–Trinajstić information content (AvgIpc) is 3.61. The molecule has 1 aliphatic heterocycles. The highest BCUT2D eigenvalue weighted by Gasteiger charge is 2.30. The Kier molecular flexibility index (Phi) is 8.62. The molecule has 0 bridgehead atoms. The van der Waals surface area contributed by atoms with Crippen LogP contribution in [0, 0.1) is 0 Å². The van der Waals surface area contributed by atoms with Gasteiger partial charge in [-0.2, -0.15) is 0 Å². The third kappa shape index (κ3) is 6.43. The fourth-order valence-electron chi connectivity index (χ4n) is 8.18. The van der Waals surface area contributed by atoms with E-state index in [0.29, 0.717) is 0 Å². The van der Waals surface area contributed by atoms with Crippen molar-refractivity contribution >= 4 is 21.8 Å². The predicted molar refractivity (Wildman–Crippen MR) is 228 cm³/mol. The van der Waals surface area contributed by atoms with E-state index in [1.165, 1.54) is 77.6 Å². The maximum Gasteiger partial charge on any atom is 0.0864 e. The lowest BCUT2D eigenvalue weighted by atomic mass is 9.97. The molecule has 8 aromatic carbocycles. The molecule has 2 heterocycles. The Labute approximate surface area is 321 Å². The second-order valence-corrected chi connectivity index (χ2v) is 14.3. The summed E-state index contributed by atoms with van der Waals surface area (Å²) in [4.78, 5) is 0. The summed E-state index contributed by atoms with van der Waals surface area (Å²) < 4.78 is 2.37. The zero-order chi connectivity index (χ0) is 36.6. The van der Waals surface area contributed by atoms with E-state index in [0.717, 1.165) is 0 Å². The van der Waals surface area contributed by atoms with Crippen molar-refractivity contribution in [3.63, 3.8) is 0 Å². The van der Waals surface area contributed by atoms with Gasteiger partial charge in [0.15, 0.2) is 0 Å². The fourth-order valence-corrected chi connectivity index (χ4v) is 8.18. The third-order valence-electron chi connectivity index (χ3n) is 10.9. The van der Waals surface area contributed by atoms with E-state index in [2.05, 4.69) is 227 Å². The number of aromatic nitrogens is 1. The van der Waals surface area contributed by atoms with E-state index in [4.69, 9.17) is 0 Å². The molecule has 0 radical (unpaired) electrons. The Morgan fingerprint density at radius 2 is 0.691 bits per heavy atom. The molecule has 1 aromatic heterocycles. The van der Waals surface area contributed by atoms with Gasteiger partial charge >= 0.3 is 0 Å². The molecule has 2 atom stereocenters. The van der Waals surface area contributed by atoms with Gasteiger partial charge in [0.25, 0.3) is 0 Å². The van der Waals surface area contributed by atoms with Crippen molar-refractivity contribution in [2.75, 3.05) is 0 Å². The van der Waals surface area contributed by atoms with Crippen molar-refractivity contribution in [2.45, 2.75) is 18.5 Å². The summed E-state index contributed by atoms with van der Waals surface area (Å²) in [5.74, 6) is 0. The smallest absolute Gasteiger partial charge is 0.0864 e. The highest BCUT2D eigenvalue weighted by Crippen LogP contribution is 2.36. The summed E-state index contributed by atoms with van der Waals surface area (Å²) >= 11 is 0. The standard InChI is InChI=1S/C51H40N4/c1-4-15-35(16-5-1)37-19-12-22-41(31-37)49-52-50(42-23-13-20-38(32-42)36-17-6-2-7-18-36)54-51(53-49)43-24-14-21-39(33-43)40-29-30-48-46(34-40)45-27-10-11-28-47(45)55(48)44-25-8-3-9-26-44/h1-34,49-54H. The highest BCUT2D eigenvalue weighted by molar-refractivity contribution is 6.10. The number of fused-ring (bicyclic) bond motifs is 3. The van der Waals surface area contributed by atoms with E-state index in [1.807, 2.05) is 0 Å². The van der Waals surface area contributed by atoms with Crippen molar-refractivity contribution in [2.24, 2.45) is 0 Å². The lowest BCUT2D eigenvalue weighted by Gasteiger charge is -2.40. The number of rotatable bonds is 7. The van der Waals surface area contributed by atoms with Gasteiger partial charge in [-0.25, -0.2) is 0 Å². The Morgan fingerprint density at radius 3 is 1.22 bits per heavy atom. The minimum atomic E-state index is -0.124. The van der Waals surface area contributed by atoms with Crippen LogP contribution in [0.4, 0.5) is 0 Å². The van der Waals surface area contributed by atoms with Crippen LogP contribution in [-0.2, 0) is 0 Å². The highest BCUT2D eigenvalue weighted by atomic mass is 15.4. The van der Waals surface area contributed by atoms with Crippen LogP contribution in [0.25, 0.3) is 60.9 Å². The van der Waals surface area contributed by atoms with E-state index in [-0.39, 0.29) is 18.5 Å². The van der Waals surface area contributed by atoms with Gasteiger partial charge < -0.3 is 4.57 Å². The molecule has 1 saturated heterocycles. The van der Waals surface area contributed by atoms with Gasteiger partial charge in [0.05, 0.1) is 29.5 Å². The SMILES string of the molecule is c1ccc(-c2cccc(C3NC(c4cccc(-c5ccccc5)c4)NC(c4cccc(-c5ccc6c(c5)c5ccccc5n6-c5ccccc5)c4)N3)c2)cc1. The Hall–Kier alpha value is -6.56. The van der Waals surface area contributed by atoms with Crippen LogP contribution in [0.3, 0.4) is 0 Å². The fraction of sp³-hybridized carbons (Fsp3) is 0.0588. The largest absolute Gasteiger partial charge is 0.309 e. The van der Waals surface area contributed by atoms with Gasteiger partial charge in [-0.15, -0.1) is 0 Å². The lowest BCUT2D eigenvalue weighted by Crippen LogP contribution is -2.54. The van der Waals surface area contributed by atoms with Crippen molar-refractivity contribution < 1.29 is 0 Å². The van der Waals surface area contributed by atoms with Crippen molar-refractivity contribution in [1.82, 2.24) is 20.5 Å². The number of benzene rings is 8. The first-order chi connectivity index (χ1) is 27.2. The molecular formula is C51H40N4. The molecule has 0 aliphatic carbocycles. The van der Waals surface area contributed by atoms with Crippen LogP contribution < -0.4 is 16.0 Å². The van der Waals surface area contributed by atoms with E-state index < -0.39 is 0 Å². The predicted octanol–water partition coefficient (Wildman–Crippen LogP) is 12.0. The molecule has 1 aliphatic rings. The molecule has 9 aromatic rings. The number of para-hydroxylation sites is 2. The molecule has 264 valence electrons. The normalized spacial score (nSPS) is 17.1. The summed E-state index contributed by atoms with van der Waals surface area (Å²) in [6.07, 6.45) is -0.338.